The molecule has 0 spiro atoms. The van der Waals surface area contributed by atoms with E-state index in [1.807, 2.05) is 138 Å². The van der Waals surface area contributed by atoms with Gasteiger partial charge < -0.3 is 4.90 Å². The average molecular weight is 829 g/mol. The Hall–Kier alpha value is -8.40. The Balaban J connectivity index is 1.13. The summed E-state index contributed by atoms with van der Waals surface area (Å²) in [6.45, 7) is 0. The van der Waals surface area contributed by atoms with Crippen LogP contribution in [-0.4, -0.2) is 29.9 Å². The minimum Gasteiger partial charge on any atom is -0.310 e. The minimum absolute atomic E-state index is 0.371. The number of fused-ring (bicyclic) bond motifs is 3. The first kappa shape index (κ1) is 37.6. The number of anilines is 6. The lowest BCUT2D eigenvalue weighted by Crippen LogP contribution is -2.19. The molecule has 11 aromatic rings. The lowest BCUT2D eigenvalue weighted by Gasteiger charge is -2.25. The maximum absolute atomic E-state index is 5.20. The number of thiophene rings is 1. The summed E-state index contributed by atoms with van der Waals surface area (Å²) in [5.74, 6) is 2.86. The third-order valence-electron chi connectivity index (χ3n) is 10.8. The lowest BCUT2D eigenvalue weighted by molar-refractivity contribution is 0.965. The maximum Gasteiger partial charge on any atom is 0.241 e. The molecule has 8 aromatic carbocycles. The van der Waals surface area contributed by atoms with Crippen molar-refractivity contribution < 1.29 is 0 Å². The van der Waals surface area contributed by atoms with Gasteiger partial charge in [0.2, 0.25) is 11.9 Å². The lowest BCUT2D eigenvalue weighted by atomic mass is 10.1. The van der Waals surface area contributed by atoms with Gasteiger partial charge in [-0.3, -0.25) is 0 Å². The highest BCUT2D eigenvalue weighted by atomic mass is 32.1. The fraction of sp³-hybridized carbons (Fsp3) is 0. The summed E-state index contributed by atoms with van der Waals surface area (Å²) in [5, 5.41) is 2.32. The zero-order chi connectivity index (χ0) is 42.0. The van der Waals surface area contributed by atoms with E-state index in [1.54, 1.807) is 11.3 Å². The third kappa shape index (κ3) is 7.54. The molecule has 0 N–H and O–H groups in total. The van der Waals surface area contributed by atoms with E-state index in [4.69, 9.17) is 29.9 Å². The first-order valence-corrected chi connectivity index (χ1v) is 21.4. The fourth-order valence-electron chi connectivity index (χ4n) is 7.75. The van der Waals surface area contributed by atoms with Crippen LogP contribution in [0, 0.1) is 0 Å². The minimum atomic E-state index is 0.371. The first-order valence-electron chi connectivity index (χ1n) is 20.6. The Kier molecular flexibility index (Phi) is 9.89. The van der Waals surface area contributed by atoms with Crippen LogP contribution in [0.1, 0.15) is 0 Å². The molecule has 3 heterocycles. The highest BCUT2D eigenvalue weighted by Gasteiger charge is 2.25. The van der Waals surface area contributed by atoms with Gasteiger partial charge in [-0.1, -0.05) is 170 Å². The second kappa shape index (κ2) is 16.6. The highest BCUT2D eigenvalue weighted by Crippen LogP contribution is 2.43. The van der Waals surface area contributed by atoms with E-state index in [-0.39, 0.29) is 0 Å². The van der Waals surface area contributed by atoms with Crippen LogP contribution in [0.2, 0.25) is 0 Å². The van der Waals surface area contributed by atoms with E-state index < -0.39 is 0 Å². The molecule has 0 radical (unpaired) electrons. The molecule has 0 aliphatic carbocycles. The number of hydrogen-bond acceptors (Lipinski definition) is 9. The Morgan fingerprint density at radius 1 is 0.270 bits per heavy atom. The van der Waals surface area contributed by atoms with Gasteiger partial charge in [0.05, 0.1) is 5.69 Å². The van der Waals surface area contributed by atoms with Gasteiger partial charge in [0, 0.05) is 59.5 Å². The fourth-order valence-corrected chi connectivity index (χ4v) is 8.92. The topological polar surface area (TPSA) is 83.8 Å². The standard InChI is InChI=1S/C54H36N8S/c1-7-19-37(20-8-1)49-55-50(38-21-9-2-10-22-38)58-53(57-49)62(54-59-51(39-23-11-3-12-24-39)56-52(60-54)40-25-13-4-14-26-40)44-32-34-46-45-33-31-43(35-47(45)63-48(46)36-44)61(41-27-15-5-16-28-41)42-29-17-6-18-30-42/h1-36H. The zero-order valence-corrected chi connectivity index (χ0v) is 34.6. The number of rotatable bonds is 10. The number of hydrogen-bond donors (Lipinski definition) is 0. The second-order valence-electron chi connectivity index (χ2n) is 14.8. The van der Waals surface area contributed by atoms with Gasteiger partial charge in [-0.2, -0.15) is 19.9 Å². The molecule has 0 unspecified atom stereocenters. The average Bonchev–Trinajstić information content (AvgIpc) is 3.73. The number of benzene rings is 8. The van der Waals surface area contributed by atoms with Gasteiger partial charge in [0.1, 0.15) is 0 Å². The van der Waals surface area contributed by atoms with Crippen molar-refractivity contribution in [1.29, 1.82) is 0 Å². The van der Waals surface area contributed by atoms with E-state index in [9.17, 15) is 0 Å². The molecule has 0 saturated heterocycles. The molecule has 8 nitrogen and oxygen atoms in total. The van der Waals surface area contributed by atoms with Crippen molar-refractivity contribution in [2.24, 2.45) is 0 Å². The predicted octanol–water partition coefficient (Wildman–Crippen LogP) is 14.0. The summed E-state index contributed by atoms with van der Waals surface area (Å²) in [5.41, 5.74) is 7.49. The van der Waals surface area contributed by atoms with Crippen LogP contribution < -0.4 is 9.80 Å². The molecule has 0 amide bonds. The molecule has 3 aromatic heterocycles. The van der Waals surface area contributed by atoms with Crippen molar-refractivity contribution in [2.45, 2.75) is 0 Å². The molecular weight excluding hydrogens is 793 g/mol. The molecule has 0 atom stereocenters. The monoisotopic (exact) mass is 828 g/mol. The van der Waals surface area contributed by atoms with E-state index in [2.05, 4.69) is 89.8 Å². The summed E-state index contributed by atoms with van der Waals surface area (Å²) < 4.78 is 2.26. The first-order chi connectivity index (χ1) is 31.2. The molecule has 0 saturated carbocycles. The number of para-hydroxylation sites is 2. The van der Waals surface area contributed by atoms with Crippen LogP contribution >= 0.6 is 11.3 Å². The molecule has 63 heavy (non-hydrogen) atoms. The van der Waals surface area contributed by atoms with Gasteiger partial charge >= 0.3 is 0 Å². The summed E-state index contributed by atoms with van der Waals surface area (Å²) in [4.78, 5) is 35.1. The van der Waals surface area contributed by atoms with E-state index in [0.717, 1.165) is 55.1 Å². The van der Waals surface area contributed by atoms with Crippen LogP contribution in [0.3, 0.4) is 0 Å². The van der Waals surface area contributed by atoms with E-state index in [0.29, 0.717) is 35.2 Å². The van der Waals surface area contributed by atoms with Gasteiger partial charge in [-0.25, -0.2) is 14.9 Å². The SMILES string of the molecule is c1ccc(-c2nc(-c3ccccc3)nc(N(c3ccc4c(c3)sc3cc(N(c5ccccc5)c5ccccc5)ccc34)c3nc(-c4ccccc4)nc(-c4ccccc4)n3)n2)cc1. The van der Waals surface area contributed by atoms with Crippen molar-refractivity contribution in [2.75, 3.05) is 9.80 Å². The summed E-state index contributed by atoms with van der Waals surface area (Å²) in [7, 11) is 0. The molecule has 298 valence electrons. The van der Waals surface area contributed by atoms with Crippen LogP contribution in [0.5, 0.6) is 0 Å². The number of aromatic nitrogens is 6. The Labute approximate surface area is 368 Å². The maximum atomic E-state index is 5.20. The van der Waals surface area contributed by atoms with E-state index >= 15 is 0 Å². The third-order valence-corrected chi connectivity index (χ3v) is 11.9. The van der Waals surface area contributed by atoms with Crippen molar-refractivity contribution in [3.8, 4) is 45.6 Å². The zero-order valence-electron chi connectivity index (χ0n) is 33.8. The second-order valence-corrected chi connectivity index (χ2v) is 15.9. The predicted molar refractivity (Wildman–Crippen MR) is 257 cm³/mol. The van der Waals surface area contributed by atoms with E-state index in [1.165, 1.54) is 10.1 Å². The molecule has 9 heteroatoms. The molecule has 0 aliphatic heterocycles. The van der Waals surface area contributed by atoms with Gasteiger partial charge in [-0.15, -0.1) is 11.3 Å². The van der Waals surface area contributed by atoms with Crippen LogP contribution in [0.25, 0.3) is 65.7 Å². The Bertz CT molecular complexity index is 3050. The molecular formula is C54H36N8S. The van der Waals surface area contributed by atoms with Crippen molar-refractivity contribution >= 4 is 66.2 Å². The van der Waals surface area contributed by atoms with Crippen molar-refractivity contribution in [3.63, 3.8) is 0 Å². The smallest absolute Gasteiger partial charge is 0.241 e. The molecule has 0 fully saturated rings. The summed E-state index contributed by atoms with van der Waals surface area (Å²) in [6.07, 6.45) is 0. The van der Waals surface area contributed by atoms with Gasteiger partial charge in [0.15, 0.2) is 23.3 Å². The molecule has 11 rings (SSSR count). The van der Waals surface area contributed by atoms with Gasteiger partial charge in [0.25, 0.3) is 0 Å². The highest BCUT2D eigenvalue weighted by molar-refractivity contribution is 7.25. The molecule has 0 aliphatic rings. The summed E-state index contributed by atoms with van der Waals surface area (Å²) >= 11 is 1.75. The quantitative estimate of drug-likeness (QED) is 0.135. The van der Waals surface area contributed by atoms with Crippen LogP contribution in [0.4, 0.5) is 34.6 Å². The Morgan fingerprint density at radius 2 is 0.571 bits per heavy atom. The molecule has 0 bridgehead atoms. The van der Waals surface area contributed by atoms with Gasteiger partial charge in [-0.05, 0) is 48.5 Å². The summed E-state index contributed by atoms with van der Waals surface area (Å²) in [6, 6.07) is 74.1. The van der Waals surface area contributed by atoms with Crippen LogP contribution in [-0.2, 0) is 0 Å². The normalized spacial score (nSPS) is 11.2. The van der Waals surface area contributed by atoms with Crippen molar-refractivity contribution in [1.82, 2.24) is 29.9 Å². The number of nitrogens with zero attached hydrogens (tertiary/aromatic N) is 8. The van der Waals surface area contributed by atoms with Crippen LogP contribution in [0.15, 0.2) is 218 Å². The largest absolute Gasteiger partial charge is 0.310 e. The van der Waals surface area contributed by atoms with Crippen molar-refractivity contribution in [3.05, 3.63) is 218 Å². The Morgan fingerprint density at radius 3 is 0.905 bits per heavy atom.